The Hall–Kier alpha value is -1.94. The molecule has 0 saturated carbocycles. The number of aliphatic hydroxyl groups excluding tert-OH is 1. The first kappa shape index (κ1) is 98.1. The molecular weight excluding hydrogens is 1310 g/mol. The van der Waals surface area contributed by atoms with E-state index in [2.05, 4.69) is 27.7 Å². The first-order valence-corrected chi connectivity index (χ1v) is 45.3. The van der Waals surface area contributed by atoms with Crippen molar-refractivity contribution in [3.63, 3.8) is 0 Å². The highest BCUT2D eigenvalue weighted by Crippen LogP contribution is 2.45. The maximum absolute atomic E-state index is 13.1. The molecule has 5 atom stereocenters. The van der Waals surface area contributed by atoms with Crippen LogP contribution in [0.5, 0.6) is 0 Å². The van der Waals surface area contributed by atoms with Crippen LogP contribution in [0.25, 0.3) is 0 Å². The van der Waals surface area contributed by atoms with E-state index in [9.17, 15) is 43.2 Å². The molecule has 19 heteroatoms. The average molecular weight is 1470 g/mol. The second kappa shape index (κ2) is 75.3. The lowest BCUT2D eigenvalue weighted by atomic mass is 10.0. The smallest absolute Gasteiger partial charge is 0.462 e. The zero-order valence-electron chi connectivity index (χ0n) is 65.2. The number of rotatable bonds is 82. The van der Waals surface area contributed by atoms with Crippen LogP contribution in [0.1, 0.15) is 439 Å². The Balaban J connectivity index is 5.26. The van der Waals surface area contributed by atoms with Crippen LogP contribution in [-0.4, -0.2) is 96.7 Å². The van der Waals surface area contributed by atoms with Crippen molar-refractivity contribution in [2.24, 2.45) is 0 Å². The summed E-state index contributed by atoms with van der Waals surface area (Å²) >= 11 is 0. The summed E-state index contributed by atoms with van der Waals surface area (Å²) in [5, 5.41) is 10.6. The van der Waals surface area contributed by atoms with E-state index < -0.39 is 97.5 Å². The number of hydrogen-bond donors (Lipinski definition) is 3. The first-order chi connectivity index (χ1) is 48.7. The van der Waals surface area contributed by atoms with Crippen LogP contribution in [-0.2, 0) is 65.4 Å². The highest BCUT2D eigenvalue weighted by atomic mass is 31.2. The Bertz CT molecular complexity index is 1890. The summed E-state index contributed by atoms with van der Waals surface area (Å²) in [5.74, 6) is -2.10. The van der Waals surface area contributed by atoms with Gasteiger partial charge in [0.15, 0.2) is 12.2 Å². The van der Waals surface area contributed by atoms with E-state index in [1.165, 1.54) is 270 Å². The largest absolute Gasteiger partial charge is 0.472 e. The number of phosphoric ester groups is 2. The van der Waals surface area contributed by atoms with E-state index in [4.69, 9.17) is 37.0 Å². The maximum Gasteiger partial charge on any atom is 0.472 e. The Morgan fingerprint density at radius 2 is 0.400 bits per heavy atom. The van der Waals surface area contributed by atoms with E-state index in [0.29, 0.717) is 25.7 Å². The van der Waals surface area contributed by atoms with Crippen LogP contribution in [0.15, 0.2) is 0 Å². The van der Waals surface area contributed by atoms with Crippen LogP contribution in [0.4, 0.5) is 0 Å². The lowest BCUT2D eigenvalue weighted by molar-refractivity contribution is -0.161. The van der Waals surface area contributed by atoms with Gasteiger partial charge in [-0.3, -0.25) is 37.3 Å². The van der Waals surface area contributed by atoms with Gasteiger partial charge in [0.05, 0.1) is 26.4 Å². The van der Waals surface area contributed by atoms with Crippen molar-refractivity contribution >= 4 is 39.5 Å². The van der Waals surface area contributed by atoms with Crippen molar-refractivity contribution in [1.82, 2.24) is 0 Å². The Kier molecular flexibility index (Phi) is 73.8. The summed E-state index contributed by atoms with van der Waals surface area (Å²) in [6.45, 7) is 5.04. The quantitative estimate of drug-likeness (QED) is 0.0222. The summed E-state index contributed by atoms with van der Waals surface area (Å²) < 4.78 is 68.8. The average Bonchev–Trinajstić information content (AvgIpc) is 0.945. The summed E-state index contributed by atoms with van der Waals surface area (Å²) in [5.41, 5.74) is 0. The summed E-state index contributed by atoms with van der Waals surface area (Å²) in [7, 11) is -9.92. The molecule has 0 aromatic carbocycles. The minimum atomic E-state index is -4.96. The molecule has 594 valence electrons. The molecule has 3 N–H and O–H groups in total. The van der Waals surface area contributed by atoms with Crippen molar-refractivity contribution in [2.45, 2.75) is 457 Å². The standard InChI is InChI=1S/C81H158O17P2/c1-5-9-13-17-21-25-29-33-36-37-40-42-46-50-54-58-62-66-79(84)92-72-77(98-81(86)68-64-60-56-52-48-44-39-35-31-27-23-19-15-11-7-3)74-96-100(89,90)94-70-75(82)69-93-99(87,88)95-73-76(71-91-78(83)65-61-57-53-49-45-41-32-28-24-20-16-12-8-4)97-80(85)67-63-59-55-51-47-43-38-34-30-26-22-18-14-10-6-2/h75-77,82H,5-74H2,1-4H3,(H,87,88)(H,89,90)/t75-,76+,77+/m0/s1. The molecule has 0 saturated heterocycles. The molecule has 100 heavy (non-hydrogen) atoms. The first-order valence-electron chi connectivity index (χ1n) is 42.3. The molecule has 0 aromatic heterocycles. The van der Waals surface area contributed by atoms with Crippen LogP contribution >= 0.6 is 15.6 Å². The van der Waals surface area contributed by atoms with Crippen LogP contribution in [0, 0.1) is 0 Å². The monoisotopic (exact) mass is 1470 g/mol. The molecule has 17 nitrogen and oxygen atoms in total. The minimum Gasteiger partial charge on any atom is -0.462 e. The fourth-order valence-corrected chi connectivity index (χ4v) is 14.2. The fourth-order valence-electron chi connectivity index (χ4n) is 12.6. The third-order valence-corrected chi connectivity index (χ3v) is 21.0. The Morgan fingerprint density at radius 1 is 0.240 bits per heavy atom. The highest BCUT2D eigenvalue weighted by molar-refractivity contribution is 7.47. The molecule has 0 aromatic rings. The zero-order chi connectivity index (χ0) is 73.2. The summed E-state index contributed by atoms with van der Waals surface area (Å²) in [6, 6.07) is 0. The molecule has 0 bridgehead atoms. The van der Waals surface area contributed by atoms with E-state index >= 15 is 0 Å². The van der Waals surface area contributed by atoms with Crippen molar-refractivity contribution < 1.29 is 80.2 Å². The number of unbranched alkanes of at least 4 members (excludes halogenated alkanes) is 56. The van der Waals surface area contributed by atoms with Crippen molar-refractivity contribution in [3.8, 4) is 0 Å². The van der Waals surface area contributed by atoms with E-state index in [0.717, 1.165) is 89.9 Å². The molecule has 0 heterocycles. The van der Waals surface area contributed by atoms with Gasteiger partial charge in [-0.2, -0.15) is 0 Å². The molecule has 0 aliphatic carbocycles. The fraction of sp³-hybridized carbons (Fsp3) is 0.951. The van der Waals surface area contributed by atoms with E-state index in [-0.39, 0.29) is 25.7 Å². The van der Waals surface area contributed by atoms with Gasteiger partial charge in [0.2, 0.25) is 0 Å². The number of ether oxygens (including phenoxy) is 4. The zero-order valence-corrected chi connectivity index (χ0v) is 67.0. The lowest BCUT2D eigenvalue weighted by Gasteiger charge is -2.21. The number of phosphoric acid groups is 2. The number of esters is 4. The van der Waals surface area contributed by atoms with Gasteiger partial charge in [0.25, 0.3) is 0 Å². The van der Waals surface area contributed by atoms with Gasteiger partial charge in [-0.1, -0.05) is 387 Å². The number of carbonyl (C=O) groups excluding carboxylic acids is 4. The van der Waals surface area contributed by atoms with E-state index in [1.54, 1.807) is 0 Å². The van der Waals surface area contributed by atoms with Gasteiger partial charge in [-0.15, -0.1) is 0 Å². The highest BCUT2D eigenvalue weighted by Gasteiger charge is 2.30. The number of hydrogen-bond acceptors (Lipinski definition) is 15. The van der Waals surface area contributed by atoms with Gasteiger partial charge in [0, 0.05) is 25.7 Å². The normalized spacial score (nSPS) is 13.8. The summed E-state index contributed by atoms with van der Waals surface area (Å²) in [4.78, 5) is 73.1. The van der Waals surface area contributed by atoms with Gasteiger partial charge in [-0.25, -0.2) is 9.13 Å². The molecule has 0 fully saturated rings. The van der Waals surface area contributed by atoms with Crippen molar-refractivity contribution in [2.75, 3.05) is 39.6 Å². The van der Waals surface area contributed by atoms with Crippen molar-refractivity contribution in [1.29, 1.82) is 0 Å². The molecule has 2 unspecified atom stereocenters. The summed E-state index contributed by atoms with van der Waals surface area (Å²) in [6.07, 6.45) is 67.7. The molecule has 0 spiro atoms. The lowest BCUT2D eigenvalue weighted by Crippen LogP contribution is -2.30. The van der Waals surface area contributed by atoms with Gasteiger partial charge >= 0.3 is 39.5 Å². The maximum atomic E-state index is 13.1. The molecule has 0 aliphatic rings. The Labute approximate surface area is 613 Å². The third kappa shape index (κ3) is 74.3. The van der Waals surface area contributed by atoms with Gasteiger partial charge in [-0.05, 0) is 25.7 Å². The second-order valence-electron chi connectivity index (χ2n) is 29.2. The van der Waals surface area contributed by atoms with Crippen LogP contribution in [0.3, 0.4) is 0 Å². The predicted molar refractivity (Wildman–Crippen MR) is 409 cm³/mol. The topological polar surface area (TPSA) is 237 Å². The van der Waals surface area contributed by atoms with Crippen LogP contribution in [0.2, 0.25) is 0 Å². The van der Waals surface area contributed by atoms with Gasteiger partial charge < -0.3 is 33.8 Å². The number of aliphatic hydroxyl groups is 1. The molecule has 0 radical (unpaired) electrons. The van der Waals surface area contributed by atoms with Crippen molar-refractivity contribution in [3.05, 3.63) is 0 Å². The third-order valence-electron chi connectivity index (χ3n) is 19.1. The second-order valence-corrected chi connectivity index (χ2v) is 32.1. The Morgan fingerprint density at radius 3 is 0.590 bits per heavy atom. The SMILES string of the molecule is CCCCCCCCCCCCCCCCCCCC(=O)OC[C@H](COP(=O)(O)OC[C@@H](O)COP(=O)(O)OC[C@@H](COC(=O)CCCCCCCCCCCCCCC)OC(=O)CCCCCCCCCCCCCCCCC)OC(=O)CCCCCCCCCCCCCCCCC. The molecule has 0 rings (SSSR count). The minimum absolute atomic E-state index is 0.109. The van der Waals surface area contributed by atoms with Gasteiger partial charge in [0.1, 0.15) is 19.3 Å². The van der Waals surface area contributed by atoms with E-state index in [1.807, 2.05) is 0 Å². The molecule has 0 aliphatic heterocycles. The van der Waals surface area contributed by atoms with Crippen LogP contribution < -0.4 is 0 Å². The molecular formula is C81H158O17P2. The number of carbonyl (C=O) groups is 4. The predicted octanol–water partition coefficient (Wildman–Crippen LogP) is 24.6. The molecule has 0 amide bonds.